The maximum Gasteiger partial charge on any atom is 0.123 e. The van der Waals surface area contributed by atoms with Gasteiger partial charge in [-0.1, -0.05) is 0 Å². The van der Waals surface area contributed by atoms with Crippen molar-refractivity contribution in [3.8, 4) is 0 Å². The van der Waals surface area contributed by atoms with Crippen LogP contribution in [0.3, 0.4) is 0 Å². The number of hydrogen-bond donors (Lipinski definition) is 1. The van der Waals surface area contributed by atoms with E-state index in [0.29, 0.717) is 6.54 Å². The summed E-state index contributed by atoms with van der Waals surface area (Å²) in [6.07, 6.45) is 3.46. The molecule has 0 saturated carbocycles. The van der Waals surface area contributed by atoms with Crippen molar-refractivity contribution in [1.82, 2.24) is 4.98 Å². The molecular weight excluding hydrogens is 217 g/mol. The second-order valence-corrected chi connectivity index (χ2v) is 3.74. The normalized spacial score (nSPS) is 10.3. The standard InChI is InChI=1S/C13H14FN3/c1-17(12-4-2-11(14)3-5-12)13-6-7-16-9-10(13)8-15/h2-7,9H,8,15H2,1H3. The predicted octanol–water partition coefficient (Wildman–Crippen LogP) is 2.45. The molecule has 0 saturated heterocycles. The van der Waals surface area contributed by atoms with Gasteiger partial charge in [-0.2, -0.15) is 0 Å². The van der Waals surface area contributed by atoms with Gasteiger partial charge in [0.15, 0.2) is 0 Å². The molecule has 3 nitrogen and oxygen atoms in total. The first-order valence-electron chi connectivity index (χ1n) is 5.34. The Morgan fingerprint density at radius 1 is 1.24 bits per heavy atom. The highest BCUT2D eigenvalue weighted by molar-refractivity contribution is 5.64. The average molecular weight is 231 g/mol. The third-order valence-corrected chi connectivity index (χ3v) is 2.67. The lowest BCUT2D eigenvalue weighted by atomic mass is 10.2. The molecule has 17 heavy (non-hydrogen) atoms. The van der Waals surface area contributed by atoms with Crippen LogP contribution in [0.2, 0.25) is 0 Å². The average Bonchev–Trinajstić information content (AvgIpc) is 2.39. The number of hydrogen-bond acceptors (Lipinski definition) is 3. The number of benzene rings is 1. The summed E-state index contributed by atoms with van der Waals surface area (Å²) in [6.45, 7) is 0.425. The van der Waals surface area contributed by atoms with Crippen LogP contribution in [-0.4, -0.2) is 12.0 Å². The summed E-state index contributed by atoms with van der Waals surface area (Å²) in [5.74, 6) is -0.240. The topological polar surface area (TPSA) is 42.2 Å². The van der Waals surface area contributed by atoms with E-state index in [2.05, 4.69) is 4.98 Å². The minimum absolute atomic E-state index is 0.240. The fraction of sp³-hybridized carbons (Fsp3) is 0.154. The molecule has 2 aromatic rings. The molecule has 0 spiro atoms. The number of anilines is 2. The Balaban J connectivity index is 2.36. The maximum atomic E-state index is 12.8. The number of rotatable bonds is 3. The Hall–Kier alpha value is -1.94. The largest absolute Gasteiger partial charge is 0.344 e. The van der Waals surface area contributed by atoms with E-state index in [1.165, 1.54) is 12.1 Å². The first-order chi connectivity index (χ1) is 8.22. The first-order valence-corrected chi connectivity index (χ1v) is 5.34. The third-order valence-electron chi connectivity index (χ3n) is 2.67. The molecule has 0 atom stereocenters. The number of pyridine rings is 1. The molecule has 2 rings (SSSR count). The smallest absolute Gasteiger partial charge is 0.123 e. The Morgan fingerprint density at radius 3 is 2.59 bits per heavy atom. The van der Waals surface area contributed by atoms with E-state index in [9.17, 15) is 4.39 Å². The molecule has 0 bridgehead atoms. The predicted molar refractivity (Wildman–Crippen MR) is 66.6 cm³/mol. The zero-order valence-corrected chi connectivity index (χ0v) is 9.60. The zero-order chi connectivity index (χ0) is 12.3. The van der Waals surface area contributed by atoms with Gasteiger partial charge in [-0.3, -0.25) is 4.98 Å². The van der Waals surface area contributed by atoms with Gasteiger partial charge in [0.25, 0.3) is 0 Å². The minimum Gasteiger partial charge on any atom is -0.344 e. The van der Waals surface area contributed by atoms with Crippen LogP contribution in [0.1, 0.15) is 5.56 Å². The molecule has 1 heterocycles. The Labute approximate surface area is 99.7 Å². The van der Waals surface area contributed by atoms with E-state index in [-0.39, 0.29) is 5.82 Å². The molecule has 88 valence electrons. The summed E-state index contributed by atoms with van der Waals surface area (Å²) in [4.78, 5) is 6.00. The van der Waals surface area contributed by atoms with Crippen molar-refractivity contribution in [2.45, 2.75) is 6.54 Å². The lowest BCUT2D eigenvalue weighted by Gasteiger charge is -2.21. The van der Waals surface area contributed by atoms with Crippen LogP contribution in [0.4, 0.5) is 15.8 Å². The van der Waals surface area contributed by atoms with Crippen molar-refractivity contribution < 1.29 is 4.39 Å². The molecule has 1 aromatic heterocycles. The van der Waals surface area contributed by atoms with Gasteiger partial charge in [-0.25, -0.2) is 4.39 Å². The Kier molecular flexibility index (Phi) is 3.35. The fourth-order valence-electron chi connectivity index (χ4n) is 1.71. The molecule has 4 heteroatoms. The Bertz CT molecular complexity index is 496. The van der Waals surface area contributed by atoms with E-state index in [1.807, 2.05) is 18.0 Å². The SMILES string of the molecule is CN(c1ccc(F)cc1)c1ccncc1CN. The van der Waals surface area contributed by atoms with Crippen LogP contribution < -0.4 is 10.6 Å². The molecule has 1 aromatic carbocycles. The number of nitrogens with two attached hydrogens (primary N) is 1. The van der Waals surface area contributed by atoms with Gasteiger partial charge in [0.1, 0.15) is 5.82 Å². The van der Waals surface area contributed by atoms with Crippen LogP contribution in [-0.2, 0) is 6.54 Å². The van der Waals surface area contributed by atoms with Crippen molar-refractivity contribution in [2.75, 3.05) is 11.9 Å². The van der Waals surface area contributed by atoms with Crippen LogP contribution in [0.5, 0.6) is 0 Å². The van der Waals surface area contributed by atoms with E-state index in [1.54, 1.807) is 24.5 Å². The van der Waals surface area contributed by atoms with Gasteiger partial charge in [-0.05, 0) is 30.3 Å². The number of aromatic nitrogens is 1. The second kappa shape index (κ2) is 4.93. The van der Waals surface area contributed by atoms with Crippen LogP contribution in [0.15, 0.2) is 42.7 Å². The summed E-state index contributed by atoms with van der Waals surface area (Å²) in [5.41, 5.74) is 8.51. The summed E-state index contributed by atoms with van der Waals surface area (Å²) in [6, 6.07) is 8.24. The van der Waals surface area contributed by atoms with E-state index < -0.39 is 0 Å². The van der Waals surface area contributed by atoms with Gasteiger partial charge in [0.2, 0.25) is 0 Å². The lowest BCUT2D eigenvalue weighted by molar-refractivity contribution is 0.628. The quantitative estimate of drug-likeness (QED) is 0.882. The van der Waals surface area contributed by atoms with Crippen molar-refractivity contribution in [3.63, 3.8) is 0 Å². The highest BCUT2D eigenvalue weighted by atomic mass is 19.1. The molecule has 0 fully saturated rings. The van der Waals surface area contributed by atoms with Gasteiger partial charge < -0.3 is 10.6 Å². The molecule has 0 radical (unpaired) electrons. The summed E-state index contributed by atoms with van der Waals surface area (Å²) < 4.78 is 12.8. The van der Waals surface area contributed by atoms with E-state index >= 15 is 0 Å². The number of nitrogens with zero attached hydrogens (tertiary/aromatic N) is 2. The van der Waals surface area contributed by atoms with Gasteiger partial charge >= 0.3 is 0 Å². The molecule has 0 aliphatic carbocycles. The zero-order valence-electron chi connectivity index (χ0n) is 9.60. The molecule has 0 aliphatic heterocycles. The van der Waals surface area contributed by atoms with Crippen molar-refractivity contribution in [1.29, 1.82) is 0 Å². The fourth-order valence-corrected chi connectivity index (χ4v) is 1.71. The lowest BCUT2D eigenvalue weighted by Crippen LogP contribution is -2.13. The Morgan fingerprint density at radius 2 is 1.94 bits per heavy atom. The molecule has 0 unspecified atom stereocenters. The molecule has 2 N–H and O–H groups in total. The van der Waals surface area contributed by atoms with Crippen molar-refractivity contribution >= 4 is 11.4 Å². The van der Waals surface area contributed by atoms with Crippen LogP contribution >= 0.6 is 0 Å². The molecular formula is C13H14FN3. The third kappa shape index (κ3) is 2.42. The van der Waals surface area contributed by atoms with E-state index in [0.717, 1.165) is 16.9 Å². The molecule has 0 amide bonds. The number of halogens is 1. The minimum atomic E-state index is -0.240. The van der Waals surface area contributed by atoms with Gasteiger partial charge in [0, 0.05) is 42.9 Å². The monoisotopic (exact) mass is 231 g/mol. The van der Waals surface area contributed by atoms with Gasteiger partial charge in [-0.15, -0.1) is 0 Å². The molecule has 0 aliphatic rings. The summed E-state index contributed by atoms with van der Waals surface area (Å²) >= 11 is 0. The first kappa shape index (κ1) is 11.5. The van der Waals surface area contributed by atoms with Crippen molar-refractivity contribution in [3.05, 3.63) is 54.1 Å². The summed E-state index contributed by atoms with van der Waals surface area (Å²) in [7, 11) is 1.92. The highest BCUT2D eigenvalue weighted by Gasteiger charge is 2.08. The van der Waals surface area contributed by atoms with Crippen molar-refractivity contribution in [2.24, 2.45) is 5.73 Å². The second-order valence-electron chi connectivity index (χ2n) is 3.74. The highest BCUT2D eigenvalue weighted by Crippen LogP contribution is 2.26. The van der Waals surface area contributed by atoms with E-state index in [4.69, 9.17) is 5.73 Å². The maximum absolute atomic E-state index is 12.8. The summed E-state index contributed by atoms with van der Waals surface area (Å²) in [5, 5.41) is 0. The van der Waals surface area contributed by atoms with Crippen LogP contribution in [0, 0.1) is 5.82 Å². The van der Waals surface area contributed by atoms with Gasteiger partial charge in [0.05, 0.1) is 0 Å². The van der Waals surface area contributed by atoms with Crippen LogP contribution in [0.25, 0.3) is 0 Å².